The molecule has 11 heteroatoms. The highest BCUT2D eigenvalue weighted by molar-refractivity contribution is 7.98. The van der Waals surface area contributed by atoms with Crippen molar-refractivity contribution < 1.29 is 29.4 Å². The number of nitrogens with two attached hydrogens (primary N) is 1. The zero-order valence-corrected chi connectivity index (χ0v) is 13.5. The second-order valence-electron chi connectivity index (χ2n) is 4.46. The first-order chi connectivity index (χ1) is 10.8. The van der Waals surface area contributed by atoms with Crippen molar-refractivity contribution in [3.8, 4) is 0 Å². The van der Waals surface area contributed by atoms with Gasteiger partial charge in [-0.25, -0.2) is 4.79 Å². The summed E-state index contributed by atoms with van der Waals surface area (Å²) in [6.45, 7) is -1.40. The smallest absolute Gasteiger partial charge is 0.326 e. The van der Waals surface area contributed by atoms with E-state index in [0.29, 0.717) is 5.75 Å². The van der Waals surface area contributed by atoms with E-state index in [1.807, 2.05) is 0 Å². The second kappa shape index (κ2) is 11.7. The summed E-state index contributed by atoms with van der Waals surface area (Å²) in [4.78, 5) is 45.4. The fraction of sp³-hybridized carbons (Fsp3) is 0.667. The number of carboxylic acid groups (broad SMARTS) is 1. The van der Waals surface area contributed by atoms with Crippen LogP contribution in [0.25, 0.3) is 0 Å². The van der Waals surface area contributed by atoms with Crippen LogP contribution in [-0.2, 0) is 19.2 Å². The van der Waals surface area contributed by atoms with Crippen LogP contribution >= 0.6 is 11.8 Å². The topological polar surface area (TPSA) is 171 Å². The van der Waals surface area contributed by atoms with Crippen LogP contribution in [0.3, 0.4) is 0 Å². The van der Waals surface area contributed by atoms with Crippen molar-refractivity contribution in [3.05, 3.63) is 0 Å². The Morgan fingerprint density at radius 1 is 1.13 bits per heavy atom. The SMILES string of the molecule is CSCCC(NC(=O)C(CO)NC(=O)CNC(=O)CN)C(=O)O. The minimum Gasteiger partial charge on any atom is -0.480 e. The Balaban J connectivity index is 4.51. The Bertz CT molecular complexity index is 434. The summed E-state index contributed by atoms with van der Waals surface area (Å²) < 4.78 is 0. The molecule has 0 aromatic carbocycles. The van der Waals surface area contributed by atoms with E-state index in [0.717, 1.165) is 0 Å². The van der Waals surface area contributed by atoms with E-state index < -0.39 is 48.9 Å². The van der Waals surface area contributed by atoms with Gasteiger partial charge in [0.1, 0.15) is 12.1 Å². The van der Waals surface area contributed by atoms with Gasteiger partial charge in [-0.15, -0.1) is 0 Å². The van der Waals surface area contributed by atoms with E-state index in [2.05, 4.69) is 16.0 Å². The third kappa shape index (κ3) is 9.01. The first-order valence-corrected chi connectivity index (χ1v) is 8.14. The van der Waals surface area contributed by atoms with Crippen LogP contribution in [0, 0.1) is 0 Å². The van der Waals surface area contributed by atoms with Crippen molar-refractivity contribution >= 4 is 35.5 Å². The molecule has 0 saturated carbocycles. The van der Waals surface area contributed by atoms with Crippen molar-refractivity contribution in [1.29, 1.82) is 0 Å². The fourth-order valence-corrected chi connectivity index (χ4v) is 1.93. The fourth-order valence-electron chi connectivity index (χ4n) is 1.46. The van der Waals surface area contributed by atoms with Crippen molar-refractivity contribution in [2.75, 3.05) is 31.7 Å². The average Bonchev–Trinajstić information content (AvgIpc) is 2.53. The van der Waals surface area contributed by atoms with Crippen molar-refractivity contribution in [2.45, 2.75) is 18.5 Å². The highest BCUT2D eigenvalue weighted by atomic mass is 32.2. The van der Waals surface area contributed by atoms with Gasteiger partial charge >= 0.3 is 5.97 Å². The number of nitrogens with one attached hydrogen (secondary N) is 3. The van der Waals surface area contributed by atoms with Gasteiger partial charge in [-0.05, 0) is 18.4 Å². The molecule has 7 N–H and O–H groups in total. The first-order valence-electron chi connectivity index (χ1n) is 6.74. The summed E-state index contributed by atoms with van der Waals surface area (Å²) in [5.41, 5.74) is 5.05. The molecule has 0 aromatic rings. The third-order valence-corrected chi connectivity index (χ3v) is 3.33. The maximum atomic E-state index is 11.9. The lowest BCUT2D eigenvalue weighted by molar-refractivity contribution is -0.142. The summed E-state index contributed by atoms with van der Waals surface area (Å²) >= 11 is 1.43. The molecular formula is C12H22N4O6S. The molecule has 0 radical (unpaired) electrons. The number of aliphatic carboxylic acids is 1. The van der Waals surface area contributed by atoms with Crippen molar-refractivity contribution in [2.24, 2.45) is 5.73 Å². The number of carbonyl (C=O) groups is 4. The van der Waals surface area contributed by atoms with Gasteiger partial charge in [0.25, 0.3) is 0 Å². The first kappa shape index (κ1) is 21.1. The molecule has 0 aliphatic carbocycles. The second-order valence-corrected chi connectivity index (χ2v) is 5.45. The maximum absolute atomic E-state index is 11.9. The zero-order chi connectivity index (χ0) is 17.8. The minimum absolute atomic E-state index is 0.209. The number of aliphatic hydroxyl groups is 1. The Kier molecular flexibility index (Phi) is 10.7. The summed E-state index contributed by atoms with van der Waals surface area (Å²) in [5, 5.41) is 24.8. The molecule has 0 aliphatic heterocycles. The van der Waals surface area contributed by atoms with Gasteiger partial charge < -0.3 is 31.9 Å². The van der Waals surface area contributed by atoms with E-state index in [1.54, 1.807) is 6.26 Å². The van der Waals surface area contributed by atoms with Crippen LogP contribution in [0.15, 0.2) is 0 Å². The van der Waals surface area contributed by atoms with Gasteiger partial charge in [-0.1, -0.05) is 0 Å². The zero-order valence-electron chi connectivity index (χ0n) is 12.7. The number of rotatable bonds is 11. The highest BCUT2D eigenvalue weighted by Crippen LogP contribution is 2.01. The Hall–Kier alpha value is -1.85. The number of carbonyl (C=O) groups excluding carboxylic acids is 3. The standard InChI is InChI=1S/C12H22N4O6S/c1-23-3-2-7(12(21)22)16-11(20)8(6-17)15-10(19)5-14-9(18)4-13/h7-8,17H,2-6,13H2,1H3,(H,14,18)(H,15,19)(H,16,20)(H,21,22). The molecule has 0 aliphatic rings. The van der Waals surface area contributed by atoms with Crippen molar-refractivity contribution in [1.82, 2.24) is 16.0 Å². The van der Waals surface area contributed by atoms with E-state index in [-0.39, 0.29) is 13.0 Å². The van der Waals surface area contributed by atoms with Gasteiger partial charge in [0, 0.05) is 0 Å². The van der Waals surface area contributed by atoms with E-state index in [4.69, 9.17) is 15.9 Å². The van der Waals surface area contributed by atoms with Crippen LogP contribution in [0.1, 0.15) is 6.42 Å². The quantitative estimate of drug-likeness (QED) is 0.227. The third-order valence-electron chi connectivity index (χ3n) is 2.69. The molecule has 0 spiro atoms. The lowest BCUT2D eigenvalue weighted by atomic mass is 10.2. The normalized spacial score (nSPS) is 12.8. The average molecular weight is 350 g/mol. The largest absolute Gasteiger partial charge is 0.480 e. The summed E-state index contributed by atoms with van der Waals surface area (Å²) in [6, 6.07) is -2.42. The number of carboxylic acids is 1. The number of aliphatic hydroxyl groups excluding tert-OH is 1. The van der Waals surface area contributed by atoms with Gasteiger partial charge in [-0.2, -0.15) is 11.8 Å². The number of amides is 3. The summed E-state index contributed by atoms with van der Waals surface area (Å²) in [7, 11) is 0. The molecule has 2 unspecified atom stereocenters. The Morgan fingerprint density at radius 2 is 1.78 bits per heavy atom. The molecule has 0 rings (SSSR count). The molecule has 0 saturated heterocycles. The van der Waals surface area contributed by atoms with E-state index >= 15 is 0 Å². The lowest BCUT2D eigenvalue weighted by Gasteiger charge is -2.20. The summed E-state index contributed by atoms with van der Waals surface area (Å²) in [5.74, 6) is -2.76. The predicted molar refractivity (Wildman–Crippen MR) is 83.6 cm³/mol. The Morgan fingerprint density at radius 3 is 2.26 bits per heavy atom. The van der Waals surface area contributed by atoms with E-state index in [1.165, 1.54) is 11.8 Å². The number of hydrogen-bond donors (Lipinski definition) is 6. The lowest BCUT2D eigenvalue weighted by Crippen LogP contribution is -2.54. The monoisotopic (exact) mass is 350 g/mol. The van der Waals surface area contributed by atoms with Crippen LogP contribution < -0.4 is 21.7 Å². The molecule has 2 atom stereocenters. The van der Waals surface area contributed by atoms with Gasteiger partial charge in [0.2, 0.25) is 17.7 Å². The summed E-state index contributed by atoms with van der Waals surface area (Å²) in [6.07, 6.45) is 2.01. The van der Waals surface area contributed by atoms with Gasteiger partial charge in [-0.3, -0.25) is 14.4 Å². The van der Waals surface area contributed by atoms with Crippen LogP contribution in [0.5, 0.6) is 0 Å². The number of thioether (sulfide) groups is 1. The minimum atomic E-state index is -1.31. The predicted octanol–water partition coefficient (Wildman–Crippen LogP) is -3.14. The molecule has 23 heavy (non-hydrogen) atoms. The van der Waals surface area contributed by atoms with Gasteiger partial charge in [0.05, 0.1) is 19.7 Å². The molecule has 0 aromatic heterocycles. The number of hydrogen-bond acceptors (Lipinski definition) is 7. The molecule has 132 valence electrons. The van der Waals surface area contributed by atoms with Crippen LogP contribution in [0.2, 0.25) is 0 Å². The van der Waals surface area contributed by atoms with E-state index in [9.17, 15) is 19.2 Å². The molecule has 0 fully saturated rings. The van der Waals surface area contributed by atoms with Crippen molar-refractivity contribution in [3.63, 3.8) is 0 Å². The molecule has 0 bridgehead atoms. The molecule has 10 nitrogen and oxygen atoms in total. The molecule has 0 heterocycles. The molecule has 3 amide bonds. The van der Waals surface area contributed by atoms with Crippen LogP contribution in [0.4, 0.5) is 0 Å². The van der Waals surface area contributed by atoms with Gasteiger partial charge in [0.15, 0.2) is 0 Å². The maximum Gasteiger partial charge on any atom is 0.326 e. The highest BCUT2D eigenvalue weighted by Gasteiger charge is 2.25. The molecular weight excluding hydrogens is 328 g/mol. The Labute approximate surface area is 137 Å². The van der Waals surface area contributed by atoms with Crippen LogP contribution in [-0.4, -0.2) is 77.7 Å².